The molecule has 0 N–H and O–H groups in total. The van der Waals surface area contributed by atoms with Crippen molar-refractivity contribution in [3.8, 4) is 16.5 Å². The van der Waals surface area contributed by atoms with Crippen LogP contribution in [0.4, 0.5) is 0 Å². The van der Waals surface area contributed by atoms with Crippen molar-refractivity contribution in [1.82, 2.24) is 15.0 Å². The van der Waals surface area contributed by atoms with Gasteiger partial charge in [0.15, 0.2) is 5.69 Å². The minimum Gasteiger partial charge on any atom is -0.496 e. The number of nitrogens with zero attached hydrogens (tertiary/aromatic N) is 3. The van der Waals surface area contributed by atoms with Crippen molar-refractivity contribution in [2.75, 3.05) is 7.11 Å². The Morgan fingerprint density at radius 1 is 1.29 bits per heavy atom. The Morgan fingerprint density at radius 2 is 2.17 bits per heavy atom. The first kappa shape index (κ1) is 16.1. The van der Waals surface area contributed by atoms with E-state index < -0.39 is 5.97 Å². The molecule has 24 heavy (non-hydrogen) atoms. The molecule has 2 aromatic heterocycles. The van der Waals surface area contributed by atoms with Crippen LogP contribution in [-0.2, 0) is 11.3 Å². The molecule has 0 aliphatic carbocycles. The van der Waals surface area contributed by atoms with Gasteiger partial charge in [0.25, 0.3) is 0 Å². The molecule has 0 unspecified atom stereocenters. The molecule has 2 heterocycles. The van der Waals surface area contributed by atoms with Crippen molar-refractivity contribution < 1.29 is 14.3 Å². The molecule has 3 aromatic rings. The van der Waals surface area contributed by atoms with Crippen LogP contribution in [0.1, 0.15) is 21.6 Å². The van der Waals surface area contributed by atoms with E-state index in [4.69, 9.17) is 9.47 Å². The Balaban J connectivity index is 1.67. The first-order chi connectivity index (χ1) is 11.7. The maximum absolute atomic E-state index is 12.1. The molecule has 0 spiro atoms. The molecule has 0 aliphatic heterocycles. The highest BCUT2D eigenvalue weighted by Gasteiger charge is 2.14. The third kappa shape index (κ3) is 3.57. The van der Waals surface area contributed by atoms with Gasteiger partial charge in [0, 0.05) is 17.8 Å². The van der Waals surface area contributed by atoms with E-state index in [0.717, 1.165) is 16.9 Å². The van der Waals surface area contributed by atoms with Gasteiger partial charge in [-0.2, -0.15) is 0 Å². The number of esters is 1. The monoisotopic (exact) mass is 341 g/mol. The van der Waals surface area contributed by atoms with Gasteiger partial charge in [-0.05, 0) is 24.1 Å². The highest BCUT2D eigenvalue weighted by molar-refractivity contribution is 7.13. The summed E-state index contributed by atoms with van der Waals surface area (Å²) in [7, 11) is 1.61. The van der Waals surface area contributed by atoms with Crippen molar-refractivity contribution in [3.63, 3.8) is 0 Å². The quantitative estimate of drug-likeness (QED) is 0.663. The zero-order chi connectivity index (χ0) is 16.9. The lowest BCUT2D eigenvalue weighted by Crippen LogP contribution is -2.06. The van der Waals surface area contributed by atoms with E-state index in [-0.39, 0.29) is 12.3 Å². The minimum atomic E-state index is -0.471. The molecule has 0 amide bonds. The lowest BCUT2D eigenvalue weighted by Gasteiger charge is -2.08. The molecule has 0 atom stereocenters. The van der Waals surface area contributed by atoms with Crippen LogP contribution < -0.4 is 4.74 Å². The van der Waals surface area contributed by atoms with Crippen molar-refractivity contribution in [1.29, 1.82) is 0 Å². The molecule has 1 aromatic carbocycles. The molecule has 0 saturated heterocycles. The van der Waals surface area contributed by atoms with E-state index in [9.17, 15) is 4.79 Å². The molecule has 122 valence electrons. The lowest BCUT2D eigenvalue weighted by molar-refractivity contribution is 0.0466. The van der Waals surface area contributed by atoms with E-state index in [1.165, 1.54) is 11.3 Å². The summed E-state index contributed by atoms with van der Waals surface area (Å²) in [6, 6.07) is 5.68. The predicted molar refractivity (Wildman–Crippen MR) is 90.0 cm³/mol. The van der Waals surface area contributed by atoms with Gasteiger partial charge in [-0.15, -0.1) is 11.3 Å². The van der Waals surface area contributed by atoms with E-state index in [1.54, 1.807) is 31.1 Å². The van der Waals surface area contributed by atoms with Crippen molar-refractivity contribution >= 4 is 17.3 Å². The summed E-state index contributed by atoms with van der Waals surface area (Å²) in [6.45, 7) is 2.12. The number of hydrogen-bond donors (Lipinski definition) is 0. The number of carbonyl (C=O) groups excluding carboxylic acids is 1. The molecule has 0 saturated carbocycles. The Bertz CT molecular complexity index is 849. The molecular weight excluding hydrogens is 326 g/mol. The number of thiazole rings is 1. The number of benzene rings is 1. The minimum absolute atomic E-state index is 0.160. The van der Waals surface area contributed by atoms with Gasteiger partial charge in [0.05, 0.1) is 13.3 Å². The van der Waals surface area contributed by atoms with Crippen LogP contribution in [0, 0.1) is 6.92 Å². The van der Waals surface area contributed by atoms with Crippen LogP contribution in [0.3, 0.4) is 0 Å². The van der Waals surface area contributed by atoms with Gasteiger partial charge >= 0.3 is 5.97 Å². The maximum atomic E-state index is 12.1. The van der Waals surface area contributed by atoms with Gasteiger partial charge in [-0.3, -0.25) is 9.97 Å². The summed E-state index contributed by atoms with van der Waals surface area (Å²) in [5.74, 6) is 0.295. The zero-order valence-electron chi connectivity index (χ0n) is 13.2. The normalized spacial score (nSPS) is 10.4. The second kappa shape index (κ2) is 7.18. The average Bonchev–Trinajstić information content (AvgIpc) is 3.12. The van der Waals surface area contributed by atoms with E-state index >= 15 is 0 Å². The summed E-state index contributed by atoms with van der Waals surface area (Å²) in [4.78, 5) is 24.5. The number of aryl methyl sites for hydroxylation is 1. The van der Waals surface area contributed by atoms with Gasteiger partial charge in [0.1, 0.15) is 23.1 Å². The van der Waals surface area contributed by atoms with Gasteiger partial charge in [0.2, 0.25) is 0 Å². The SMILES string of the molecule is COc1cc(COC(=O)c2csc(-c3cnccn3)n2)ccc1C. The van der Waals surface area contributed by atoms with Crippen LogP contribution in [0.15, 0.2) is 42.2 Å². The molecule has 0 bridgehead atoms. The molecule has 0 fully saturated rings. The summed E-state index contributed by atoms with van der Waals surface area (Å²) >= 11 is 1.33. The topological polar surface area (TPSA) is 74.2 Å². The molecule has 0 radical (unpaired) electrons. The Labute approximate surface area is 143 Å². The van der Waals surface area contributed by atoms with E-state index in [2.05, 4.69) is 15.0 Å². The van der Waals surface area contributed by atoms with Gasteiger partial charge < -0.3 is 9.47 Å². The third-order valence-corrected chi connectivity index (χ3v) is 4.20. The van der Waals surface area contributed by atoms with Crippen molar-refractivity contribution in [2.45, 2.75) is 13.5 Å². The van der Waals surface area contributed by atoms with Crippen LogP contribution in [0.25, 0.3) is 10.7 Å². The fourth-order valence-electron chi connectivity index (χ4n) is 2.07. The molecule has 7 heteroatoms. The third-order valence-electron chi connectivity index (χ3n) is 3.34. The van der Waals surface area contributed by atoms with Crippen LogP contribution in [0.2, 0.25) is 0 Å². The zero-order valence-corrected chi connectivity index (χ0v) is 14.0. The van der Waals surface area contributed by atoms with Crippen molar-refractivity contribution in [3.05, 3.63) is 59.0 Å². The first-order valence-corrected chi connectivity index (χ1v) is 8.08. The van der Waals surface area contributed by atoms with Gasteiger partial charge in [-0.25, -0.2) is 9.78 Å². The number of aromatic nitrogens is 3. The van der Waals surface area contributed by atoms with Crippen LogP contribution >= 0.6 is 11.3 Å². The molecular formula is C17H15N3O3S. The number of carbonyl (C=O) groups is 1. The standard InChI is InChI=1S/C17H15N3O3S/c1-11-3-4-12(7-15(11)22-2)9-23-17(21)14-10-24-16(20-14)13-8-18-5-6-19-13/h3-8,10H,9H2,1-2H3. The van der Waals surface area contributed by atoms with Crippen LogP contribution in [0.5, 0.6) is 5.75 Å². The number of methoxy groups -OCH3 is 1. The predicted octanol–water partition coefficient (Wildman–Crippen LogP) is 3.27. The molecule has 6 nitrogen and oxygen atoms in total. The summed E-state index contributed by atoms with van der Waals surface area (Å²) in [5.41, 5.74) is 2.78. The summed E-state index contributed by atoms with van der Waals surface area (Å²) < 4.78 is 10.6. The number of hydrogen-bond acceptors (Lipinski definition) is 7. The Kier molecular flexibility index (Phi) is 4.81. The molecule has 0 aliphatic rings. The second-order valence-corrected chi connectivity index (χ2v) is 5.87. The Morgan fingerprint density at radius 3 is 2.92 bits per heavy atom. The average molecular weight is 341 g/mol. The summed E-state index contributed by atoms with van der Waals surface area (Å²) in [5, 5.41) is 2.29. The number of rotatable bonds is 5. The fourth-order valence-corrected chi connectivity index (χ4v) is 2.82. The Hall–Kier alpha value is -2.80. The van der Waals surface area contributed by atoms with Gasteiger partial charge in [-0.1, -0.05) is 12.1 Å². The second-order valence-electron chi connectivity index (χ2n) is 5.01. The van der Waals surface area contributed by atoms with E-state index in [0.29, 0.717) is 10.7 Å². The van der Waals surface area contributed by atoms with E-state index in [1.807, 2.05) is 25.1 Å². The van der Waals surface area contributed by atoms with Crippen molar-refractivity contribution in [2.24, 2.45) is 0 Å². The maximum Gasteiger partial charge on any atom is 0.358 e. The largest absolute Gasteiger partial charge is 0.496 e. The lowest BCUT2D eigenvalue weighted by atomic mass is 10.1. The fraction of sp³-hybridized carbons (Fsp3) is 0.176. The smallest absolute Gasteiger partial charge is 0.358 e. The molecule has 3 rings (SSSR count). The first-order valence-electron chi connectivity index (χ1n) is 7.20. The number of ether oxygens (including phenoxy) is 2. The highest BCUT2D eigenvalue weighted by Crippen LogP contribution is 2.22. The highest BCUT2D eigenvalue weighted by atomic mass is 32.1. The van der Waals surface area contributed by atoms with Crippen LogP contribution in [-0.4, -0.2) is 28.0 Å². The summed E-state index contributed by atoms with van der Waals surface area (Å²) in [6.07, 6.45) is 4.77.